The number of hydrogen-bond acceptors (Lipinski definition) is 4. The van der Waals surface area contributed by atoms with Crippen LogP contribution in [0.25, 0.3) is 0 Å². The Morgan fingerprint density at radius 2 is 1.69 bits per heavy atom. The van der Waals surface area contributed by atoms with Gasteiger partial charge in [0.1, 0.15) is 17.7 Å². The summed E-state index contributed by atoms with van der Waals surface area (Å²) in [7, 11) is 0. The summed E-state index contributed by atoms with van der Waals surface area (Å²) in [6.07, 6.45) is 2.51. The Morgan fingerprint density at radius 3 is 2.17 bits per heavy atom. The second-order valence-electron chi connectivity index (χ2n) is 11.5. The van der Waals surface area contributed by atoms with Gasteiger partial charge in [-0.3, -0.25) is 9.59 Å². The SMILES string of the molecule is Cc1cccc(C(C(=O)NC(C)C)N(C(=O)C(CC(C)C)NC(=O)OC(C)(C)C)C2CCC2)c1C. The quantitative estimate of drug-likeness (QED) is 0.502. The Morgan fingerprint density at radius 1 is 1.06 bits per heavy atom. The van der Waals surface area contributed by atoms with Gasteiger partial charge in [0.15, 0.2) is 0 Å². The summed E-state index contributed by atoms with van der Waals surface area (Å²) in [4.78, 5) is 42.2. The van der Waals surface area contributed by atoms with Crippen molar-refractivity contribution < 1.29 is 19.1 Å². The largest absolute Gasteiger partial charge is 0.444 e. The molecule has 0 heterocycles. The first-order valence-electron chi connectivity index (χ1n) is 12.9. The molecule has 1 saturated carbocycles. The van der Waals surface area contributed by atoms with E-state index in [9.17, 15) is 14.4 Å². The maximum Gasteiger partial charge on any atom is 0.408 e. The predicted molar refractivity (Wildman–Crippen MR) is 139 cm³/mol. The molecule has 2 N–H and O–H groups in total. The van der Waals surface area contributed by atoms with Crippen molar-refractivity contribution in [3.63, 3.8) is 0 Å². The zero-order valence-corrected chi connectivity index (χ0v) is 23.0. The zero-order chi connectivity index (χ0) is 26.5. The van der Waals surface area contributed by atoms with Crippen LogP contribution in [0.1, 0.15) is 96.9 Å². The smallest absolute Gasteiger partial charge is 0.408 e. The third-order valence-electron chi connectivity index (χ3n) is 6.32. The minimum Gasteiger partial charge on any atom is -0.444 e. The van der Waals surface area contributed by atoms with Crippen molar-refractivity contribution in [2.45, 2.75) is 118 Å². The van der Waals surface area contributed by atoms with Crippen molar-refractivity contribution in [1.29, 1.82) is 0 Å². The molecule has 7 nitrogen and oxygen atoms in total. The van der Waals surface area contributed by atoms with Crippen LogP contribution in [0.15, 0.2) is 18.2 Å². The average molecular weight is 488 g/mol. The number of carbonyl (C=O) groups is 3. The van der Waals surface area contributed by atoms with Gasteiger partial charge >= 0.3 is 6.09 Å². The van der Waals surface area contributed by atoms with E-state index < -0.39 is 23.8 Å². The van der Waals surface area contributed by atoms with E-state index in [1.165, 1.54) is 0 Å². The van der Waals surface area contributed by atoms with Crippen molar-refractivity contribution in [2.75, 3.05) is 0 Å². The Labute approximate surface area is 211 Å². The lowest BCUT2D eigenvalue weighted by Crippen LogP contribution is -2.58. The van der Waals surface area contributed by atoms with Gasteiger partial charge in [-0.25, -0.2) is 4.79 Å². The van der Waals surface area contributed by atoms with Crippen LogP contribution >= 0.6 is 0 Å². The molecule has 0 spiro atoms. The van der Waals surface area contributed by atoms with E-state index in [1.807, 2.05) is 59.7 Å². The summed E-state index contributed by atoms with van der Waals surface area (Å²) in [5.74, 6) is -0.278. The highest BCUT2D eigenvalue weighted by Crippen LogP contribution is 2.36. The molecule has 1 aromatic rings. The molecule has 35 heavy (non-hydrogen) atoms. The number of hydrogen-bond donors (Lipinski definition) is 2. The summed E-state index contributed by atoms with van der Waals surface area (Å²) in [6, 6.07) is 4.19. The van der Waals surface area contributed by atoms with Gasteiger partial charge in [-0.15, -0.1) is 0 Å². The van der Waals surface area contributed by atoms with Gasteiger partial charge in [-0.1, -0.05) is 32.0 Å². The maximum absolute atomic E-state index is 14.2. The Kier molecular flexibility index (Phi) is 9.76. The molecular weight excluding hydrogens is 442 g/mol. The fourth-order valence-corrected chi connectivity index (χ4v) is 4.36. The average Bonchev–Trinajstić information content (AvgIpc) is 2.65. The van der Waals surface area contributed by atoms with Crippen LogP contribution in [0.5, 0.6) is 0 Å². The van der Waals surface area contributed by atoms with Crippen LogP contribution in [-0.2, 0) is 14.3 Å². The molecular formula is C28H45N3O4. The minimum atomic E-state index is -0.787. The number of rotatable bonds is 9. The normalized spacial score (nSPS) is 15.9. The predicted octanol–water partition coefficient (Wildman–Crippen LogP) is 5.19. The summed E-state index contributed by atoms with van der Waals surface area (Å²) in [5.41, 5.74) is 2.20. The molecule has 0 aliphatic heterocycles. The maximum atomic E-state index is 14.2. The molecule has 1 aromatic carbocycles. The van der Waals surface area contributed by atoms with Gasteiger partial charge in [0.05, 0.1) is 0 Å². The van der Waals surface area contributed by atoms with Crippen LogP contribution in [0.4, 0.5) is 4.79 Å². The molecule has 2 atom stereocenters. The molecule has 2 unspecified atom stereocenters. The van der Waals surface area contributed by atoms with Gasteiger partial charge in [0, 0.05) is 12.1 Å². The van der Waals surface area contributed by atoms with Crippen LogP contribution in [0.3, 0.4) is 0 Å². The van der Waals surface area contributed by atoms with Crippen LogP contribution in [0.2, 0.25) is 0 Å². The molecule has 1 fully saturated rings. The van der Waals surface area contributed by atoms with Crippen molar-refractivity contribution in [3.8, 4) is 0 Å². The monoisotopic (exact) mass is 487 g/mol. The van der Waals surface area contributed by atoms with Crippen LogP contribution in [-0.4, -0.2) is 46.5 Å². The number of nitrogens with one attached hydrogen (secondary N) is 2. The number of benzene rings is 1. The first-order chi connectivity index (χ1) is 16.2. The van der Waals surface area contributed by atoms with Gasteiger partial charge < -0.3 is 20.3 Å². The number of amides is 3. The van der Waals surface area contributed by atoms with E-state index >= 15 is 0 Å². The number of alkyl carbamates (subject to hydrolysis) is 1. The third-order valence-corrected chi connectivity index (χ3v) is 6.32. The van der Waals surface area contributed by atoms with Crippen LogP contribution < -0.4 is 10.6 Å². The fraction of sp³-hybridized carbons (Fsp3) is 0.679. The zero-order valence-electron chi connectivity index (χ0n) is 23.0. The molecule has 0 radical (unpaired) electrons. The molecule has 7 heteroatoms. The van der Waals surface area contributed by atoms with E-state index in [0.29, 0.717) is 6.42 Å². The van der Waals surface area contributed by atoms with Crippen LogP contribution in [0, 0.1) is 19.8 Å². The summed E-state index contributed by atoms with van der Waals surface area (Å²) >= 11 is 0. The molecule has 0 bridgehead atoms. The van der Waals surface area contributed by atoms with E-state index in [0.717, 1.165) is 36.0 Å². The Bertz CT molecular complexity index is 900. The number of nitrogens with zero attached hydrogens (tertiary/aromatic N) is 1. The van der Waals surface area contributed by atoms with E-state index in [-0.39, 0.29) is 29.8 Å². The van der Waals surface area contributed by atoms with Gasteiger partial charge in [0.2, 0.25) is 11.8 Å². The molecule has 196 valence electrons. The second-order valence-corrected chi connectivity index (χ2v) is 11.5. The minimum absolute atomic E-state index is 0.0552. The van der Waals surface area contributed by atoms with Crippen molar-refractivity contribution in [1.82, 2.24) is 15.5 Å². The lowest BCUT2D eigenvalue weighted by atomic mass is 9.86. The third kappa shape index (κ3) is 7.97. The van der Waals surface area contributed by atoms with E-state index in [1.54, 1.807) is 25.7 Å². The van der Waals surface area contributed by atoms with E-state index in [2.05, 4.69) is 10.6 Å². The lowest BCUT2D eigenvalue weighted by Gasteiger charge is -2.44. The van der Waals surface area contributed by atoms with Gasteiger partial charge in [-0.05, 0) is 96.8 Å². The molecule has 0 saturated heterocycles. The van der Waals surface area contributed by atoms with E-state index in [4.69, 9.17) is 4.74 Å². The Hall–Kier alpha value is -2.57. The highest BCUT2D eigenvalue weighted by atomic mass is 16.6. The second kappa shape index (κ2) is 11.9. The molecule has 0 aromatic heterocycles. The number of ether oxygens (including phenoxy) is 1. The highest BCUT2D eigenvalue weighted by molar-refractivity contribution is 5.92. The molecule has 2 rings (SSSR count). The van der Waals surface area contributed by atoms with Crippen molar-refractivity contribution >= 4 is 17.9 Å². The molecule has 1 aliphatic carbocycles. The van der Waals surface area contributed by atoms with Crippen molar-refractivity contribution in [2.24, 2.45) is 5.92 Å². The summed E-state index contributed by atoms with van der Waals surface area (Å²) in [6.45, 7) is 17.2. The summed E-state index contributed by atoms with van der Waals surface area (Å²) < 4.78 is 5.46. The fourth-order valence-electron chi connectivity index (χ4n) is 4.36. The van der Waals surface area contributed by atoms with Crippen molar-refractivity contribution in [3.05, 3.63) is 34.9 Å². The van der Waals surface area contributed by atoms with Gasteiger partial charge in [0.25, 0.3) is 0 Å². The first-order valence-corrected chi connectivity index (χ1v) is 12.9. The lowest BCUT2D eigenvalue weighted by molar-refractivity contribution is -0.148. The Balaban J connectivity index is 2.54. The van der Waals surface area contributed by atoms with Gasteiger partial charge in [-0.2, -0.15) is 0 Å². The molecule has 1 aliphatic rings. The summed E-state index contributed by atoms with van der Waals surface area (Å²) in [5, 5.41) is 5.85. The highest BCUT2D eigenvalue weighted by Gasteiger charge is 2.42. The topological polar surface area (TPSA) is 87.7 Å². The first kappa shape index (κ1) is 28.7. The standard InChI is InChI=1S/C28H45N3O4/c1-17(2)16-23(30-27(34)35-28(7,8)9)26(33)31(21-13-11-14-21)24(25(32)29-18(3)4)22-15-10-12-19(5)20(22)6/h10,12,15,17-18,21,23-24H,11,13-14,16H2,1-9H3,(H,29,32)(H,30,34). The molecule has 3 amide bonds. The number of carbonyl (C=O) groups excluding carboxylic acids is 3. The number of aryl methyl sites for hydroxylation is 1.